The molecule has 0 aliphatic rings. The van der Waals surface area contributed by atoms with Gasteiger partial charge in [0, 0.05) is 90.7 Å². The molecule has 0 aliphatic heterocycles. The number of rotatable bonds is 22. The first-order valence-corrected chi connectivity index (χ1v) is 26.0. The summed E-state index contributed by atoms with van der Waals surface area (Å²) in [5.74, 6) is -1.17. The molecule has 2 aromatic carbocycles. The normalized spacial score (nSPS) is 11.3. The van der Waals surface area contributed by atoms with E-state index in [9.17, 15) is 33.6 Å². The summed E-state index contributed by atoms with van der Waals surface area (Å²) in [6.45, 7) is 5.88. The number of aryl methyl sites for hydroxylation is 5. The number of nitrogens with one attached hydrogen (secondary N) is 6. The van der Waals surface area contributed by atoms with Crippen molar-refractivity contribution >= 4 is 93.2 Å². The monoisotopic (exact) mass is 1080 g/mol. The third-order valence-corrected chi connectivity index (χ3v) is 12.7. The number of aromatic nitrogens is 5. The largest absolute Gasteiger partial charge is 0.465 e. The van der Waals surface area contributed by atoms with Crippen LogP contribution in [0.15, 0.2) is 126 Å². The number of thioether (sulfide) groups is 1. The highest BCUT2D eigenvalue weighted by molar-refractivity contribution is 7.98. The van der Waals surface area contributed by atoms with Crippen LogP contribution in [0.5, 0.6) is 0 Å². The van der Waals surface area contributed by atoms with Gasteiger partial charge in [-0.2, -0.15) is 22.0 Å². The minimum Gasteiger partial charge on any atom is -0.465 e. The average molecular weight is 1080 g/mol. The highest BCUT2D eigenvalue weighted by Crippen LogP contribution is 2.24. The Kier molecular flexibility index (Phi) is 18.6. The van der Waals surface area contributed by atoms with Gasteiger partial charge in [-0.1, -0.05) is 30.3 Å². The molecule has 6 amide bonds. The van der Waals surface area contributed by atoms with E-state index in [0.29, 0.717) is 65.9 Å². The lowest BCUT2D eigenvalue weighted by molar-refractivity contribution is -0.143. The van der Waals surface area contributed by atoms with Crippen molar-refractivity contribution in [3.05, 3.63) is 150 Å². The fraction of sp³-hybridized carbons (Fsp3) is 0.291. The molecule has 0 spiro atoms. The van der Waals surface area contributed by atoms with E-state index in [-0.39, 0.29) is 41.1 Å². The molecule has 78 heavy (non-hydrogen) atoms. The summed E-state index contributed by atoms with van der Waals surface area (Å²) in [6.07, 6.45) is 8.59. The van der Waals surface area contributed by atoms with E-state index in [2.05, 4.69) is 42.1 Å². The predicted octanol–water partition coefficient (Wildman–Crippen LogP) is 9.53. The minimum absolute atomic E-state index is 0.209. The second-order valence-corrected chi connectivity index (χ2v) is 20.4. The minimum atomic E-state index is -0.698. The van der Waals surface area contributed by atoms with Gasteiger partial charge in [-0.15, -0.1) is 0 Å². The van der Waals surface area contributed by atoms with Crippen molar-refractivity contribution in [2.45, 2.75) is 51.4 Å². The molecule has 0 saturated heterocycles. The lowest BCUT2D eigenvalue weighted by Crippen LogP contribution is -2.27. The molecule has 5 heterocycles. The zero-order chi connectivity index (χ0) is 56.1. The quantitative estimate of drug-likeness (QED) is 0.0213. The SMILES string of the molecule is Cn1cc(NC(=O)c2cc(NC(=O)c3cc(NC(=O)c4cc(NC(=O)c5cc(NC(=O)OC(C)(C)C)cn5C)cn4C)cn3C)cn2C)cc1C(=O)NCCCCC(=O)OCCSCc1ccc(N=Nc2ccccc2)cc1. The standard InChI is InChI=1S/C55H63N13O9S/c1-55(2,3)77-54(75)61-42-28-47(68(8)33-42)53(74)60-41-27-46(67(7)32-41)52(73)59-40-26-45(66(6)31-40)51(72)58-39-25-44(65(5)30-39)50(71)57-38-24-43(64(4)29-38)49(70)56-21-13-12-16-48(69)76-22-23-78-34-35-17-19-37(20-18-35)63-62-36-14-10-9-11-15-36/h9-11,14-15,17-20,24-33H,12-13,16,21-23,34H2,1-8H3,(H,56,70)(H,57,71)(H,58,72)(H,59,73)(H,60,74)(H,61,75). The van der Waals surface area contributed by atoms with Crippen LogP contribution in [0.2, 0.25) is 0 Å². The Balaban J connectivity index is 0.804. The lowest BCUT2D eigenvalue weighted by Gasteiger charge is -2.19. The Morgan fingerprint density at radius 2 is 0.910 bits per heavy atom. The molecule has 408 valence electrons. The molecule has 0 saturated carbocycles. The van der Waals surface area contributed by atoms with Gasteiger partial charge in [0.1, 0.15) is 40.7 Å². The van der Waals surface area contributed by atoms with Crippen LogP contribution in [0.3, 0.4) is 0 Å². The van der Waals surface area contributed by atoms with E-state index in [1.54, 1.807) is 123 Å². The Bertz CT molecular complexity index is 3340. The topological polar surface area (TPSA) is 260 Å². The number of carbonyl (C=O) groups excluding carboxylic acids is 7. The van der Waals surface area contributed by atoms with Crippen LogP contribution in [0.1, 0.15) is 98.0 Å². The number of hydrogen-bond acceptors (Lipinski definition) is 12. The molecule has 0 aliphatic carbocycles. The zero-order valence-electron chi connectivity index (χ0n) is 44.6. The molecule has 22 nitrogen and oxygen atoms in total. The van der Waals surface area contributed by atoms with Gasteiger partial charge in [-0.05, 0) is 93.8 Å². The van der Waals surface area contributed by atoms with Crippen LogP contribution in [0.25, 0.3) is 0 Å². The predicted molar refractivity (Wildman–Crippen MR) is 299 cm³/mol. The van der Waals surface area contributed by atoms with E-state index in [4.69, 9.17) is 9.47 Å². The number of ether oxygens (including phenoxy) is 2. The number of benzene rings is 2. The second kappa shape index (κ2) is 25.6. The summed E-state index contributed by atoms with van der Waals surface area (Å²) in [4.78, 5) is 91.1. The first-order chi connectivity index (χ1) is 37.2. The van der Waals surface area contributed by atoms with E-state index in [1.165, 1.54) is 28.8 Å². The summed E-state index contributed by atoms with van der Waals surface area (Å²) in [6, 6.07) is 25.0. The Hall–Kier alpha value is -9.12. The summed E-state index contributed by atoms with van der Waals surface area (Å²) in [7, 11) is 8.28. The van der Waals surface area contributed by atoms with E-state index >= 15 is 0 Å². The van der Waals surface area contributed by atoms with Gasteiger partial charge in [-0.25, -0.2) is 4.79 Å². The van der Waals surface area contributed by atoms with E-state index in [0.717, 1.165) is 22.7 Å². The fourth-order valence-electron chi connectivity index (χ4n) is 7.93. The lowest BCUT2D eigenvalue weighted by atomic mass is 10.2. The van der Waals surface area contributed by atoms with Crippen molar-refractivity contribution in [3.8, 4) is 0 Å². The van der Waals surface area contributed by atoms with Crippen LogP contribution < -0.4 is 31.9 Å². The molecular weight excluding hydrogens is 1020 g/mol. The molecule has 0 unspecified atom stereocenters. The average Bonchev–Trinajstić information content (AvgIpc) is 4.22. The number of nitrogens with zero attached hydrogens (tertiary/aromatic N) is 7. The number of amides is 6. The van der Waals surface area contributed by atoms with Crippen molar-refractivity contribution < 1.29 is 43.0 Å². The van der Waals surface area contributed by atoms with Gasteiger partial charge in [0.2, 0.25) is 0 Å². The zero-order valence-corrected chi connectivity index (χ0v) is 45.4. The number of azo groups is 1. The summed E-state index contributed by atoms with van der Waals surface area (Å²) < 4.78 is 18.5. The van der Waals surface area contributed by atoms with Gasteiger partial charge in [0.05, 0.1) is 39.8 Å². The summed E-state index contributed by atoms with van der Waals surface area (Å²) in [5.41, 5.74) is 4.97. The van der Waals surface area contributed by atoms with Crippen LogP contribution >= 0.6 is 11.8 Å². The van der Waals surface area contributed by atoms with Crippen molar-refractivity contribution in [1.82, 2.24) is 28.2 Å². The first-order valence-electron chi connectivity index (χ1n) is 24.8. The number of anilines is 5. The Labute approximate surface area is 454 Å². The molecule has 7 rings (SSSR count). The smallest absolute Gasteiger partial charge is 0.412 e. The Morgan fingerprint density at radius 3 is 1.33 bits per heavy atom. The molecule has 0 radical (unpaired) electrons. The molecule has 5 aromatic heterocycles. The van der Waals surface area contributed by atoms with Crippen molar-refractivity contribution in [2.24, 2.45) is 45.5 Å². The van der Waals surface area contributed by atoms with E-state index in [1.807, 2.05) is 54.6 Å². The van der Waals surface area contributed by atoms with Crippen LogP contribution in [-0.4, -0.2) is 88.9 Å². The van der Waals surface area contributed by atoms with Gasteiger partial charge < -0.3 is 58.9 Å². The molecule has 0 fully saturated rings. The number of esters is 1. The maximum Gasteiger partial charge on any atom is 0.412 e. The van der Waals surface area contributed by atoms with Gasteiger partial charge in [-0.3, -0.25) is 34.1 Å². The van der Waals surface area contributed by atoms with Gasteiger partial charge in [0.15, 0.2) is 0 Å². The fourth-order valence-corrected chi connectivity index (χ4v) is 8.70. The molecule has 0 bridgehead atoms. The molecule has 6 N–H and O–H groups in total. The third kappa shape index (κ3) is 16.0. The number of unbranched alkanes of at least 4 members (excludes halogenated alkanes) is 1. The van der Waals surface area contributed by atoms with E-state index < -0.39 is 35.3 Å². The highest BCUT2D eigenvalue weighted by Gasteiger charge is 2.22. The molecule has 0 atom stereocenters. The molecular formula is C55H63N13O9S. The summed E-state index contributed by atoms with van der Waals surface area (Å²) in [5, 5.41) is 25.1. The molecule has 7 aromatic rings. The number of carbonyl (C=O) groups is 7. The summed E-state index contributed by atoms with van der Waals surface area (Å²) >= 11 is 1.67. The maximum absolute atomic E-state index is 13.5. The van der Waals surface area contributed by atoms with Crippen molar-refractivity contribution in [3.63, 3.8) is 0 Å². The third-order valence-electron chi connectivity index (χ3n) is 11.7. The van der Waals surface area contributed by atoms with Crippen LogP contribution in [0, 0.1) is 0 Å². The van der Waals surface area contributed by atoms with Gasteiger partial charge >= 0.3 is 12.1 Å². The molecule has 23 heteroatoms. The van der Waals surface area contributed by atoms with Crippen molar-refractivity contribution in [1.29, 1.82) is 0 Å². The highest BCUT2D eigenvalue weighted by atomic mass is 32.2. The second-order valence-electron chi connectivity index (χ2n) is 19.3. The van der Waals surface area contributed by atoms with Crippen molar-refractivity contribution in [2.75, 3.05) is 45.5 Å². The van der Waals surface area contributed by atoms with Gasteiger partial charge in [0.25, 0.3) is 29.5 Å². The Morgan fingerprint density at radius 1 is 0.513 bits per heavy atom. The maximum atomic E-state index is 13.5. The first kappa shape index (κ1) is 56.6. The van der Waals surface area contributed by atoms with Crippen LogP contribution in [0.4, 0.5) is 44.6 Å². The van der Waals surface area contributed by atoms with Crippen LogP contribution in [-0.2, 0) is 55.3 Å². The number of hydrogen-bond donors (Lipinski definition) is 6.